The Labute approximate surface area is 115 Å². The average Bonchev–Trinajstić information content (AvgIpc) is 2.37. The van der Waals surface area contributed by atoms with Gasteiger partial charge in [-0.15, -0.1) is 11.8 Å². The summed E-state index contributed by atoms with van der Waals surface area (Å²) in [7, 11) is 0. The van der Waals surface area contributed by atoms with E-state index in [1.807, 2.05) is 36.4 Å². The third-order valence-corrected chi connectivity index (χ3v) is 3.73. The molecule has 0 saturated carbocycles. The molecule has 2 N–H and O–H groups in total. The molecule has 0 fully saturated rings. The molecule has 2 aromatic carbocycles. The number of carbonyl (C=O) groups is 1. The Morgan fingerprint density at radius 2 is 1.94 bits per heavy atom. The number of halogens is 1. The number of benzene rings is 2. The van der Waals surface area contributed by atoms with Crippen molar-refractivity contribution in [3.63, 3.8) is 0 Å². The van der Waals surface area contributed by atoms with Gasteiger partial charge in [0.05, 0.1) is 10.8 Å². The molecule has 2 aromatic rings. The van der Waals surface area contributed by atoms with Crippen LogP contribution in [0.3, 0.4) is 0 Å². The predicted octanol–water partition coefficient (Wildman–Crippen LogP) is 3.90. The second-order valence-electron chi connectivity index (χ2n) is 3.76. The highest BCUT2D eigenvalue weighted by molar-refractivity contribution is 8.00. The van der Waals surface area contributed by atoms with Crippen molar-refractivity contribution in [2.75, 3.05) is 11.5 Å². The molecule has 2 nitrogen and oxygen atoms in total. The standard InChI is InChI=1S/C14H12ClNOS/c15-13-7-2-1-6-12(13)14(17)9-18-11-5-3-4-10(16)8-11/h1-8H,9,16H2. The highest BCUT2D eigenvalue weighted by atomic mass is 35.5. The molecule has 0 saturated heterocycles. The lowest BCUT2D eigenvalue weighted by Gasteiger charge is -2.04. The Morgan fingerprint density at radius 1 is 1.17 bits per heavy atom. The van der Waals surface area contributed by atoms with Crippen LogP contribution in [-0.4, -0.2) is 11.5 Å². The lowest BCUT2D eigenvalue weighted by molar-refractivity contribution is 0.102. The topological polar surface area (TPSA) is 43.1 Å². The van der Waals surface area contributed by atoms with Crippen LogP contribution in [-0.2, 0) is 0 Å². The van der Waals surface area contributed by atoms with Gasteiger partial charge >= 0.3 is 0 Å². The van der Waals surface area contributed by atoms with Crippen LogP contribution in [0.4, 0.5) is 5.69 Å². The summed E-state index contributed by atoms with van der Waals surface area (Å²) >= 11 is 7.43. The van der Waals surface area contributed by atoms with Gasteiger partial charge in [-0.2, -0.15) is 0 Å². The Balaban J connectivity index is 2.03. The Hall–Kier alpha value is -1.45. The van der Waals surface area contributed by atoms with Crippen molar-refractivity contribution in [1.82, 2.24) is 0 Å². The van der Waals surface area contributed by atoms with E-state index < -0.39 is 0 Å². The van der Waals surface area contributed by atoms with Gasteiger partial charge in [-0.1, -0.05) is 29.8 Å². The lowest BCUT2D eigenvalue weighted by atomic mass is 10.1. The number of Topliss-reactive ketones (excluding diaryl/α,β-unsaturated/α-hetero) is 1. The Morgan fingerprint density at radius 3 is 2.67 bits per heavy atom. The third-order valence-electron chi connectivity index (χ3n) is 2.40. The maximum absolute atomic E-state index is 12.0. The number of nitrogen functional groups attached to an aromatic ring is 1. The fourth-order valence-electron chi connectivity index (χ4n) is 1.52. The number of thioether (sulfide) groups is 1. The van der Waals surface area contributed by atoms with Crippen LogP contribution in [0.1, 0.15) is 10.4 Å². The molecule has 0 aliphatic carbocycles. The van der Waals surface area contributed by atoms with E-state index in [0.717, 1.165) is 4.90 Å². The minimum atomic E-state index is 0.0213. The van der Waals surface area contributed by atoms with Crippen LogP contribution in [0.5, 0.6) is 0 Å². The highest BCUT2D eigenvalue weighted by Crippen LogP contribution is 2.23. The quantitative estimate of drug-likeness (QED) is 0.524. The van der Waals surface area contributed by atoms with Crippen molar-refractivity contribution in [3.05, 3.63) is 59.1 Å². The number of ketones is 1. The van der Waals surface area contributed by atoms with E-state index in [-0.39, 0.29) is 5.78 Å². The highest BCUT2D eigenvalue weighted by Gasteiger charge is 2.09. The summed E-state index contributed by atoms with van der Waals surface area (Å²) in [6.07, 6.45) is 0. The molecule has 0 unspecified atom stereocenters. The number of nitrogens with two attached hydrogens (primary N) is 1. The molecular weight excluding hydrogens is 266 g/mol. The van der Waals surface area contributed by atoms with Crippen LogP contribution in [0.25, 0.3) is 0 Å². The first-order valence-corrected chi connectivity index (χ1v) is 6.79. The SMILES string of the molecule is Nc1cccc(SCC(=O)c2ccccc2Cl)c1. The van der Waals surface area contributed by atoms with Crippen molar-refractivity contribution in [2.45, 2.75) is 4.90 Å². The number of anilines is 1. The molecule has 0 heterocycles. The van der Waals surface area contributed by atoms with Crippen molar-refractivity contribution >= 4 is 34.8 Å². The molecule has 0 radical (unpaired) electrons. The van der Waals surface area contributed by atoms with Gasteiger partial charge in [0.1, 0.15) is 0 Å². The lowest BCUT2D eigenvalue weighted by Crippen LogP contribution is -2.02. The summed E-state index contributed by atoms with van der Waals surface area (Å²) in [5, 5.41) is 0.496. The number of carbonyl (C=O) groups excluding carboxylic acids is 1. The molecule has 0 amide bonds. The smallest absolute Gasteiger partial charge is 0.174 e. The minimum Gasteiger partial charge on any atom is -0.399 e. The monoisotopic (exact) mass is 277 g/mol. The normalized spacial score (nSPS) is 10.3. The molecule has 0 bridgehead atoms. The fourth-order valence-corrected chi connectivity index (χ4v) is 2.61. The fraction of sp³-hybridized carbons (Fsp3) is 0.0714. The summed E-state index contributed by atoms with van der Waals surface area (Å²) in [5.41, 5.74) is 6.95. The average molecular weight is 278 g/mol. The van der Waals surface area contributed by atoms with Gasteiger partial charge in [0.2, 0.25) is 0 Å². The second-order valence-corrected chi connectivity index (χ2v) is 5.22. The van der Waals surface area contributed by atoms with Gasteiger partial charge in [-0.25, -0.2) is 0 Å². The zero-order chi connectivity index (χ0) is 13.0. The van der Waals surface area contributed by atoms with Crippen molar-refractivity contribution in [2.24, 2.45) is 0 Å². The van der Waals surface area contributed by atoms with E-state index in [9.17, 15) is 4.79 Å². The van der Waals surface area contributed by atoms with Crippen molar-refractivity contribution in [1.29, 1.82) is 0 Å². The van der Waals surface area contributed by atoms with Gasteiger partial charge in [0.25, 0.3) is 0 Å². The molecule has 0 spiro atoms. The van der Waals surface area contributed by atoms with Gasteiger partial charge < -0.3 is 5.73 Å². The number of hydrogen-bond donors (Lipinski definition) is 1. The number of hydrogen-bond acceptors (Lipinski definition) is 3. The maximum atomic E-state index is 12.0. The minimum absolute atomic E-state index is 0.0213. The molecule has 4 heteroatoms. The summed E-state index contributed by atoms with van der Waals surface area (Å²) in [4.78, 5) is 13.0. The predicted molar refractivity (Wildman–Crippen MR) is 77.4 cm³/mol. The summed E-state index contributed by atoms with van der Waals surface area (Å²) in [5.74, 6) is 0.376. The molecule has 0 aromatic heterocycles. The third kappa shape index (κ3) is 3.28. The molecule has 0 atom stereocenters. The molecule has 2 rings (SSSR count). The molecular formula is C14H12ClNOS. The van der Waals surface area contributed by atoms with E-state index in [4.69, 9.17) is 17.3 Å². The van der Waals surface area contributed by atoms with Crippen LogP contribution in [0, 0.1) is 0 Å². The molecule has 92 valence electrons. The number of rotatable bonds is 4. The second kappa shape index (κ2) is 5.94. The zero-order valence-corrected chi connectivity index (χ0v) is 11.2. The Kier molecular flexibility index (Phi) is 4.28. The molecule has 18 heavy (non-hydrogen) atoms. The molecule has 0 aliphatic heterocycles. The van der Waals surface area contributed by atoms with E-state index in [1.54, 1.807) is 12.1 Å². The van der Waals surface area contributed by atoms with Gasteiger partial charge in [-0.3, -0.25) is 4.79 Å². The summed E-state index contributed by atoms with van der Waals surface area (Å²) < 4.78 is 0. The van der Waals surface area contributed by atoms with Crippen molar-refractivity contribution in [3.8, 4) is 0 Å². The van der Waals surface area contributed by atoms with E-state index >= 15 is 0 Å². The van der Waals surface area contributed by atoms with Crippen LogP contribution >= 0.6 is 23.4 Å². The van der Waals surface area contributed by atoms with E-state index in [1.165, 1.54) is 11.8 Å². The first kappa shape index (κ1) is 13.0. The summed E-state index contributed by atoms with van der Waals surface area (Å²) in [6.45, 7) is 0. The molecule has 0 aliphatic rings. The largest absolute Gasteiger partial charge is 0.399 e. The van der Waals surface area contributed by atoms with Crippen LogP contribution < -0.4 is 5.73 Å². The maximum Gasteiger partial charge on any atom is 0.174 e. The van der Waals surface area contributed by atoms with E-state index in [2.05, 4.69) is 0 Å². The first-order valence-electron chi connectivity index (χ1n) is 5.43. The van der Waals surface area contributed by atoms with Crippen molar-refractivity contribution < 1.29 is 4.79 Å². The zero-order valence-electron chi connectivity index (χ0n) is 9.60. The van der Waals surface area contributed by atoms with Crippen LogP contribution in [0.15, 0.2) is 53.4 Å². The van der Waals surface area contributed by atoms with Gasteiger partial charge in [-0.05, 0) is 30.3 Å². The van der Waals surface area contributed by atoms with Gasteiger partial charge in [0, 0.05) is 16.1 Å². The summed E-state index contributed by atoms with van der Waals surface area (Å²) in [6, 6.07) is 14.6. The van der Waals surface area contributed by atoms with Gasteiger partial charge in [0.15, 0.2) is 5.78 Å². The Bertz CT molecular complexity index is 571. The van der Waals surface area contributed by atoms with Crippen LogP contribution in [0.2, 0.25) is 5.02 Å². The first-order chi connectivity index (χ1) is 8.66. The van der Waals surface area contributed by atoms with E-state index in [0.29, 0.717) is 22.0 Å².